The summed E-state index contributed by atoms with van der Waals surface area (Å²) in [5.41, 5.74) is 2.75. The molecule has 3 nitrogen and oxygen atoms in total. The Hall–Kier alpha value is -1.22. The Morgan fingerprint density at radius 1 is 1.12 bits per heavy atom. The molecule has 3 heteroatoms. The molecule has 1 atom stereocenters. The Balaban J connectivity index is 2.47. The van der Waals surface area contributed by atoms with E-state index in [1.165, 1.54) is 30.4 Å². The van der Waals surface area contributed by atoms with E-state index in [0.29, 0.717) is 6.04 Å². The van der Waals surface area contributed by atoms with E-state index in [4.69, 9.17) is 9.47 Å². The number of ether oxygens (including phenoxy) is 2. The van der Waals surface area contributed by atoms with Crippen LogP contribution in [0.3, 0.4) is 0 Å². The molecule has 1 N–H and O–H groups in total. The first-order chi connectivity index (χ1) is 8.30. The predicted octanol–water partition coefficient (Wildman–Crippen LogP) is 2.69. The Morgan fingerprint density at radius 2 is 1.82 bits per heavy atom. The number of rotatable bonds is 3. The van der Waals surface area contributed by atoms with E-state index in [0.717, 1.165) is 17.9 Å². The third kappa shape index (κ3) is 2.39. The molecule has 0 fully saturated rings. The normalized spacial score (nSPS) is 19.4. The Labute approximate surface area is 103 Å². The van der Waals surface area contributed by atoms with Crippen molar-refractivity contribution in [2.75, 3.05) is 21.3 Å². The number of nitrogens with one attached hydrogen (secondary N) is 1. The van der Waals surface area contributed by atoms with E-state index in [2.05, 4.69) is 17.4 Å². The maximum Gasteiger partial charge on any atom is 0.161 e. The van der Waals surface area contributed by atoms with Crippen molar-refractivity contribution in [3.8, 4) is 11.5 Å². The third-order valence-electron chi connectivity index (χ3n) is 3.56. The molecule has 94 valence electrons. The van der Waals surface area contributed by atoms with Crippen molar-refractivity contribution in [1.82, 2.24) is 5.32 Å². The van der Waals surface area contributed by atoms with Gasteiger partial charge in [-0.1, -0.05) is 6.42 Å². The van der Waals surface area contributed by atoms with Crippen LogP contribution in [-0.4, -0.2) is 21.3 Å². The Morgan fingerprint density at radius 3 is 2.47 bits per heavy atom. The fraction of sp³-hybridized carbons (Fsp3) is 0.571. The van der Waals surface area contributed by atoms with Gasteiger partial charge in [0.05, 0.1) is 14.2 Å². The zero-order valence-corrected chi connectivity index (χ0v) is 10.9. The summed E-state index contributed by atoms with van der Waals surface area (Å²) < 4.78 is 10.7. The topological polar surface area (TPSA) is 30.5 Å². The fourth-order valence-electron chi connectivity index (χ4n) is 2.60. The molecule has 0 aliphatic heterocycles. The van der Waals surface area contributed by atoms with Gasteiger partial charge in [-0.3, -0.25) is 0 Å². The minimum atomic E-state index is 0.437. The highest BCUT2D eigenvalue weighted by Gasteiger charge is 2.20. The van der Waals surface area contributed by atoms with Crippen LogP contribution >= 0.6 is 0 Å². The molecule has 1 aliphatic rings. The molecule has 0 saturated heterocycles. The first-order valence-electron chi connectivity index (χ1n) is 6.22. The smallest absolute Gasteiger partial charge is 0.161 e. The maximum atomic E-state index is 5.38. The molecule has 0 aromatic heterocycles. The number of benzene rings is 1. The number of aryl methyl sites for hydroxylation is 1. The van der Waals surface area contributed by atoms with E-state index >= 15 is 0 Å². The van der Waals surface area contributed by atoms with Crippen LogP contribution in [0.15, 0.2) is 12.1 Å². The number of hydrogen-bond acceptors (Lipinski definition) is 3. The predicted molar refractivity (Wildman–Crippen MR) is 68.9 cm³/mol. The average molecular weight is 235 g/mol. The summed E-state index contributed by atoms with van der Waals surface area (Å²) in [6.45, 7) is 0. The molecule has 0 bridgehead atoms. The van der Waals surface area contributed by atoms with Crippen LogP contribution in [0.2, 0.25) is 0 Å². The second-order valence-corrected chi connectivity index (χ2v) is 4.49. The Kier molecular flexibility index (Phi) is 3.89. The standard InChI is InChI=1S/C14H21NO2/c1-15-12-7-5-4-6-10-8-13(16-2)14(17-3)9-11(10)12/h8-9,12,15H,4-7H2,1-3H3. The first-order valence-corrected chi connectivity index (χ1v) is 6.22. The monoisotopic (exact) mass is 235 g/mol. The van der Waals surface area contributed by atoms with Gasteiger partial charge in [-0.2, -0.15) is 0 Å². The fourth-order valence-corrected chi connectivity index (χ4v) is 2.60. The molecular formula is C14H21NO2. The lowest BCUT2D eigenvalue weighted by Gasteiger charge is -2.19. The molecule has 1 aromatic carbocycles. The van der Waals surface area contributed by atoms with Gasteiger partial charge in [0.1, 0.15) is 0 Å². The average Bonchev–Trinajstić information content (AvgIpc) is 2.58. The second-order valence-electron chi connectivity index (χ2n) is 4.49. The molecule has 0 amide bonds. The number of hydrogen-bond donors (Lipinski definition) is 1. The largest absolute Gasteiger partial charge is 0.493 e. The van der Waals surface area contributed by atoms with Crippen LogP contribution in [0, 0.1) is 0 Å². The van der Waals surface area contributed by atoms with Crippen molar-refractivity contribution in [3.05, 3.63) is 23.3 Å². The van der Waals surface area contributed by atoms with Crippen molar-refractivity contribution in [3.63, 3.8) is 0 Å². The van der Waals surface area contributed by atoms with E-state index in [9.17, 15) is 0 Å². The number of methoxy groups -OCH3 is 2. The molecule has 2 rings (SSSR count). The highest BCUT2D eigenvalue weighted by atomic mass is 16.5. The SMILES string of the molecule is CNC1CCCCc2cc(OC)c(OC)cc21. The number of fused-ring (bicyclic) bond motifs is 1. The van der Waals surface area contributed by atoms with Gasteiger partial charge in [0.2, 0.25) is 0 Å². The van der Waals surface area contributed by atoms with Gasteiger partial charge in [0, 0.05) is 6.04 Å². The zero-order valence-electron chi connectivity index (χ0n) is 10.9. The molecule has 1 unspecified atom stereocenters. The lowest BCUT2D eigenvalue weighted by Crippen LogP contribution is -2.16. The summed E-state index contributed by atoms with van der Waals surface area (Å²) >= 11 is 0. The summed E-state index contributed by atoms with van der Waals surface area (Å²) in [5, 5.41) is 3.39. The lowest BCUT2D eigenvalue weighted by atomic mass is 9.98. The van der Waals surface area contributed by atoms with Crippen molar-refractivity contribution in [1.29, 1.82) is 0 Å². The van der Waals surface area contributed by atoms with Crippen LogP contribution in [0.25, 0.3) is 0 Å². The molecule has 0 saturated carbocycles. The quantitative estimate of drug-likeness (QED) is 0.817. The van der Waals surface area contributed by atoms with Crippen LogP contribution in [0.4, 0.5) is 0 Å². The van der Waals surface area contributed by atoms with E-state index in [1.54, 1.807) is 14.2 Å². The molecule has 0 spiro atoms. The van der Waals surface area contributed by atoms with Gasteiger partial charge in [0.25, 0.3) is 0 Å². The summed E-state index contributed by atoms with van der Waals surface area (Å²) in [7, 11) is 5.41. The molecule has 17 heavy (non-hydrogen) atoms. The molecular weight excluding hydrogens is 214 g/mol. The summed E-state index contributed by atoms with van der Waals surface area (Å²) in [6, 6.07) is 4.69. The van der Waals surface area contributed by atoms with Crippen molar-refractivity contribution >= 4 is 0 Å². The molecule has 1 aromatic rings. The summed E-state index contributed by atoms with van der Waals surface area (Å²) in [4.78, 5) is 0. The first kappa shape index (κ1) is 12.2. The van der Waals surface area contributed by atoms with Crippen LogP contribution in [0.5, 0.6) is 11.5 Å². The van der Waals surface area contributed by atoms with E-state index < -0.39 is 0 Å². The highest BCUT2D eigenvalue weighted by Crippen LogP contribution is 2.37. The summed E-state index contributed by atoms with van der Waals surface area (Å²) in [6.07, 6.45) is 4.85. The van der Waals surface area contributed by atoms with Gasteiger partial charge >= 0.3 is 0 Å². The van der Waals surface area contributed by atoms with Crippen LogP contribution in [0.1, 0.15) is 36.4 Å². The third-order valence-corrected chi connectivity index (χ3v) is 3.56. The molecule has 0 heterocycles. The van der Waals surface area contributed by atoms with Crippen LogP contribution < -0.4 is 14.8 Å². The van der Waals surface area contributed by atoms with Gasteiger partial charge in [0.15, 0.2) is 11.5 Å². The summed E-state index contributed by atoms with van der Waals surface area (Å²) in [5.74, 6) is 1.66. The van der Waals surface area contributed by atoms with Crippen molar-refractivity contribution < 1.29 is 9.47 Å². The van der Waals surface area contributed by atoms with Gasteiger partial charge in [-0.05, 0) is 49.6 Å². The van der Waals surface area contributed by atoms with E-state index in [1.807, 2.05) is 7.05 Å². The van der Waals surface area contributed by atoms with Gasteiger partial charge in [-0.15, -0.1) is 0 Å². The Bertz CT molecular complexity index is 390. The van der Waals surface area contributed by atoms with Gasteiger partial charge in [-0.25, -0.2) is 0 Å². The van der Waals surface area contributed by atoms with Crippen molar-refractivity contribution in [2.24, 2.45) is 0 Å². The highest BCUT2D eigenvalue weighted by molar-refractivity contribution is 5.49. The zero-order chi connectivity index (χ0) is 12.3. The van der Waals surface area contributed by atoms with E-state index in [-0.39, 0.29) is 0 Å². The molecule has 0 radical (unpaired) electrons. The van der Waals surface area contributed by atoms with Gasteiger partial charge < -0.3 is 14.8 Å². The minimum Gasteiger partial charge on any atom is -0.493 e. The maximum absolute atomic E-state index is 5.38. The van der Waals surface area contributed by atoms with Crippen molar-refractivity contribution in [2.45, 2.75) is 31.7 Å². The second kappa shape index (κ2) is 5.41. The minimum absolute atomic E-state index is 0.437. The van der Waals surface area contributed by atoms with Crippen LogP contribution in [-0.2, 0) is 6.42 Å². The molecule has 1 aliphatic carbocycles. The lowest BCUT2D eigenvalue weighted by molar-refractivity contribution is 0.353.